The van der Waals surface area contributed by atoms with Gasteiger partial charge in [0.15, 0.2) is 0 Å². The summed E-state index contributed by atoms with van der Waals surface area (Å²) in [5.74, 6) is 0. The van der Waals surface area contributed by atoms with Crippen molar-refractivity contribution >= 4 is 81.9 Å². The molecule has 7 aromatic carbocycles. The number of hydrogen-bond acceptors (Lipinski definition) is 3. The number of benzene rings is 7. The summed E-state index contributed by atoms with van der Waals surface area (Å²) in [5, 5.41) is 1.55. The number of nitrogens with zero attached hydrogens (tertiary/aromatic N) is 3. The molecule has 0 bridgehead atoms. The van der Waals surface area contributed by atoms with Crippen LogP contribution in [0.2, 0.25) is 19.6 Å². The first-order valence-electron chi connectivity index (χ1n) is 22.9. The standard InChI is InChI=1S/C57H58BN3Si/c1-55(2,3)40-29-31-48(44(35-40)39-21-11-9-12-22-39)60-51-28-18-16-26-47(51)58-46-25-15-17-27-50(46)59(41-23-13-10-14-24-41)52-36-42(37-53(60)54(52)58)61-49-32-30-43(62(6,7)8)38-45(49)56(4)33-19-20-34-57(56,61)5/h9-18,21-32,35-38H,19-20,33-34H2,1-8H3. The Morgan fingerprint density at radius 2 is 1.11 bits per heavy atom. The van der Waals surface area contributed by atoms with Crippen LogP contribution in [0.5, 0.6) is 0 Å². The SMILES string of the molecule is CC(C)(C)c1ccc(N2c3ccccc3B3c4ccccc4N(c4ccccc4)c4cc(N5c6ccc([Si](C)(C)C)cc6C6(C)CCCCC56C)cc2c43)c(-c2ccccc2)c1. The molecule has 2 atom stereocenters. The average Bonchev–Trinajstić information content (AvgIpc) is 3.48. The summed E-state index contributed by atoms with van der Waals surface area (Å²) in [4.78, 5) is 8.01. The highest BCUT2D eigenvalue weighted by Gasteiger charge is 2.58. The van der Waals surface area contributed by atoms with Crippen molar-refractivity contribution in [2.24, 2.45) is 0 Å². The molecule has 0 saturated heterocycles. The Morgan fingerprint density at radius 3 is 1.77 bits per heavy atom. The Hall–Kier alpha value is -5.78. The monoisotopic (exact) mass is 823 g/mol. The van der Waals surface area contributed by atoms with Gasteiger partial charge in [-0.2, -0.15) is 0 Å². The number of para-hydroxylation sites is 3. The third-order valence-electron chi connectivity index (χ3n) is 15.3. The Balaban J connectivity index is 1.26. The topological polar surface area (TPSA) is 9.72 Å². The van der Waals surface area contributed by atoms with Crippen LogP contribution >= 0.6 is 0 Å². The van der Waals surface area contributed by atoms with Crippen LogP contribution in [-0.2, 0) is 10.8 Å². The molecule has 62 heavy (non-hydrogen) atoms. The molecule has 5 heteroatoms. The van der Waals surface area contributed by atoms with Crippen molar-refractivity contribution in [1.29, 1.82) is 0 Å². The summed E-state index contributed by atoms with van der Waals surface area (Å²) in [7, 11) is -1.57. The molecule has 3 heterocycles. The fourth-order valence-electron chi connectivity index (χ4n) is 11.8. The van der Waals surface area contributed by atoms with Crippen molar-refractivity contribution in [3.63, 3.8) is 0 Å². The maximum Gasteiger partial charge on any atom is 0.252 e. The van der Waals surface area contributed by atoms with Crippen molar-refractivity contribution in [3.05, 3.63) is 169 Å². The highest BCUT2D eigenvalue weighted by molar-refractivity contribution is 7.00. The molecule has 1 aliphatic carbocycles. The Morgan fingerprint density at radius 1 is 0.532 bits per heavy atom. The van der Waals surface area contributed by atoms with Crippen LogP contribution in [0.4, 0.5) is 45.5 Å². The van der Waals surface area contributed by atoms with E-state index in [0.29, 0.717) is 0 Å². The van der Waals surface area contributed by atoms with Crippen molar-refractivity contribution in [2.75, 3.05) is 14.7 Å². The Kier molecular flexibility index (Phi) is 8.74. The van der Waals surface area contributed by atoms with Gasteiger partial charge >= 0.3 is 0 Å². The molecule has 0 amide bonds. The maximum absolute atomic E-state index is 2.81. The molecule has 308 valence electrons. The lowest BCUT2D eigenvalue weighted by Gasteiger charge is -2.51. The van der Waals surface area contributed by atoms with Gasteiger partial charge in [0.1, 0.15) is 0 Å². The van der Waals surface area contributed by atoms with Crippen LogP contribution < -0.4 is 36.3 Å². The number of fused-ring (bicyclic) bond motifs is 7. The van der Waals surface area contributed by atoms with Gasteiger partial charge in [0.25, 0.3) is 6.71 Å². The lowest BCUT2D eigenvalue weighted by atomic mass is 9.33. The molecular formula is C57H58BN3Si. The van der Waals surface area contributed by atoms with Crippen LogP contribution in [0, 0.1) is 0 Å². The molecule has 1 saturated carbocycles. The number of anilines is 8. The van der Waals surface area contributed by atoms with Gasteiger partial charge < -0.3 is 14.7 Å². The summed E-state index contributed by atoms with van der Waals surface area (Å²) in [6.07, 6.45) is 4.86. The molecule has 0 radical (unpaired) electrons. The average molecular weight is 824 g/mol. The van der Waals surface area contributed by atoms with Gasteiger partial charge in [-0.1, -0.05) is 168 Å². The molecule has 1 fully saturated rings. The second-order valence-electron chi connectivity index (χ2n) is 20.9. The van der Waals surface area contributed by atoms with Gasteiger partial charge in [0, 0.05) is 50.8 Å². The largest absolute Gasteiger partial charge is 0.334 e. The zero-order valence-electron chi connectivity index (χ0n) is 37.8. The van der Waals surface area contributed by atoms with E-state index in [1.54, 1.807) is 10.8 Å². The minimum Gasteiger partial charge on any atom is -0.334 e. The van der Waals surface area contributed by atoms with Gasteiger partial charge in [-0.3, -0.25) is 0 Å². The molecule has 11 rings (SSSR count). The Labute approximate surface area is 371 Å². The van der Waals surface area contributed by atoms with E-state index in [1.165, 1.54) is 97.8 Å². The van der Waals surface area contributed by atoms with Gasteiger partial charge in [-0.05, 0) is 113 Å². The van der Waals surface area contributed by atoms with Crippen LogP contribution in [0.3, 0.4) is 0 Å². The maximum atomic E-state index is 2.81. The van der Waals surface area contributed by atoms with E-state index in [4.69, 9.17) is 0 Å². The first-order valence-corrected chi connectivity index (χ1v) is 26.4. The van der Waals surface area contributed by atoms with Crippen LogP contribution in [0.15, 0.2) is 158 Å². The van der Waals surface area contributed by atoms with Crippen molar-refractivity contribution < 1.29 is 0 Å². The molecule has 0 spiro atoms. The van der Waals surface area contributed by atoms with Crippen LogP contribution in [0.25, 0.3) is 11.1 Å². The zero-order chi connectivity index (χ0) is 42.8. The van der Waals surface area contributed by atoms with Gasteiger partial charge in [-0.25, -0.2) is 0 Å². The highest BCUT2D eigenvalue weighted by Crippen LogP contribution is 2.61. The molecule has 0 N–H and O–H groups in total. The fraction of sp³-hybridized carbons (Fsp3) is 0.263. The molecule has 7 aromatic rings. The lowest BCUT2D eigenvalue weighted by Crippen LogP contribution is -2.61. The molecular weight excluding hydrogens is 766 g/mol. The second kappa shape index (κ2) is 13.9. The summed E-state index contributed by atoms with van der Waals surface area (Å²) >= 11 is 0. The minimum absolute atomic E-state index is 0.00742. The predicted octanol–water partition coefficient (Wildman–Crippen LogP) is 13.0. The summed E-state index contributed by atoms with van der Waals surface area (Å²) in [5.41, 5.74) is 19.3. The van der Waals surface area contributed by atoms with Crippen molar-refractivity contribution in [2.45, 2.75) is 96.3 Å². The molecule has 3 aliphatic heterocycles. The van der Waals surface area contributed by atoms with Gasteiger partial charge in [0.2, 0.25) is 0 Å². The van der Waals surface area contributed by atoms with Crippen molar-refractivity contribution in [3.8, 4) is 11.1 Å². The zero-order valence-corrected chi connectivity index (χ0v) is 38.8. The van der Waals surface area contributed by atoms with Gasteiger partial charge in [0.05, 0.1) is 19.3 Å². The minimum atomic E-state index is -1.57. The molecule has 2 unspecified atom stereocenters. The summed E-state index contributed by atoms with van der Waals surface area (Å²) < 4.78 is 0. The van der Waals surface area contributed by atoms with E-state index >= 15 is 0 Å². The quantitative estimate of drug-likeness (QED) is 0.160. The van der Waals surface area contributed by atoms with E-state index in [9.17, 15) is 0 Å². The number of rotatable bonds is 5. The third-order valence-corrected chi connectivity index (χ3v) is 17.3. The van der Waals surface area contributed by atoms with Crippen molar-refractivity contribution in [1.82, 2.24) is 0 Å². The molecule has 4 aliphatic rings. The Bertz CT molecular complexity index is 2890. The smallest absolute Gasteiger partial charge is 0.252 e. The highest BCUT2D eigenvalue weighted by atomic mass is 28.3. The number of hydrogen-bond donors (Lipinski definition) is 0. The first kappa shape index (κ1) is 39.1. The van der Waals surface area contributed by atoms with E-state index in [2.05, 4.69) is 227 Å². The van der Waals surface area contributed by atoms with Gasteiger partial charge in [-0.15, -0.1) is 0 Å². The van der Waals surface area contributed by atoms with E-state index in [1.807, 2.05) is 0 Å². The summed E-state index contributed by atoms with van der Waals surface area (Å²) in [6, 6.07) is 60.5. The van der Waals surface area contributed by atoms with E-state index < -0.39 is 8.07 Å². The molecule has 3 nitrogen and oxygen atoms in total. The lowest BCUT2D eigenvalue weighted by molar-refractivity contribution is 0.195. The van der Waals surface area contributed by atoms with E-state index in [0.717, 1.165) is 6.42 Å². The van der Waals surface area contributed by atoms with Crippen LogP contribution in [0.1, 0.15) is 71.4 Å². The fourth-order valence-corrected chi connectivity index (χ4v) is 12.9. The molecule has 0 aromatic heterocycles. The van der Waals surface area contributed by atoms with Crippen LogP contribution in [-0.4, -0.2) is 20.3 Å². The summed E-state index contributed by atoms with van der Waals surface area (Å²) in [6.45, 7) is 19.7. The normalized spacial score (nSPS) is 20.0. The second-order valence-corrected chi connectivity index (χ2v) is 26.0. The predicted molar refractivity (Wildman–Crippen MR) is 270 cm³/mol. The third kappa shape index (κ3) is 5.69. The van der Waals surface area contributed by atoms with E-state index in [-0.39, 0.29) is 23.1 Å². The first-order chi connectivity index (χ1) is 29.8.